The normalized spacial score (nSPS) is 13.5. The lowest BCUT2D eigenvalue weighted by Gasteiger charge is -2.30. The fourth-order valence-corrected chi connectivity index (χ4v) is 6.08. The molecule has 3 aromatic rings. The van der Waals surface area contributed by atoms with Crippen LogP contribution in [0.1, 0.15) is 29.6 Å². The number of ether oxygens (including phenoxy) is 1. The average Bonchev–Trinajstić information content (AvgIpc) is 2.92. The Morgan fingerprint density at radius 2 is 1.72 bits per heavy atom. The number of carbonyl (C=O) groups is 2. The molecular weight excluding hydrogens is 563 g/mol. The summed E-state index contributed by atoms with van der Waals surface area (Å²) < 4.78 is 35.1. The maximum Gasteiger partial charge on any atom is 0.264 e. The van der Waals surface area contributed by atoms with Crippen molar-refractivity contribution < 1.29 is 22.7 Å². The van der Waals surface area contributed by atoms with Gasteiger partial charge in [-0.25, -0.2) is 8.42 Å². The number of hydrogen-bond donors (Lipinski definition) is 3. The molecule has 0 spiro atoms. The Morgan fingerprint density at radius 1 is 0.974 bits per heavy atom. The van der Waals surface area contributed by atoms with Crippen LogP contribution in [-0.4, -0.2) is 47.0 Å². The molecule has 1 aliphatic heterocycles. The van der Waals surface area contributed by atoms with Gasteiger partial charge in [-0.15, -0.1) is 0 Å². The quantitative estimate of drug-likeness (QED) is 0.317. The monoisotopic (exact) mass is 590 g/mol. The SMILES string of the molecule is COc1ccccc1NS(=O)(=O)c1cc(NC(=O)CNC(=O)c2ccc(Cl)cc2Cl)ccc1N1CCCCC1. The minimum atomic E-state index is -4.07. The van der Waals surface area contributed by atoms with E-state index in [1.165, 1.54) is 31.4 Å². The van der Waals surface area contributed by atoms with E-state index in [9.17, 15) is 18.0 Å². The number of benzene rings is 3. The highest BCUT2D eigenvalue weighted by Gasteiger charge is 2.25. The summed E-state index contributed by atoms with van der Waals surface area (Å²) in [6, 6.07) is 15.9. The van der Waals surface area contributed by atoms with Crippen molar-refractivity contribution in [3.05, 3.63) is 76.3 Å². The van der Waals surface area contributed by atoms with Crippen LogP contribution in [0.2, 0.25) is 10.0 Å². The molecule has 3 N–H and O–H groups in total. The van der Waals surface area contributed by atoms with Crippen molar-refractivity contribution in [1.29, 1.82) is 0 Å². The number of nitrogens with zero attached hydrogens (tertiary/aromatic N) is 1. The van der Waals surface area contributed by atoms with Crippen molar-refractivity contribution in [3.8, 4) is 5.75 Å². The molecule has 1 aliphatic rings. The number of para-hydroxylation sites is 2. The first-order valence-corrected chi connectivity index (χ1v) is 14.5. The van der Waals surface area contributed by atoms with Crippen molar-refractivity contribution in [1.82, 2.24) is 5.32 Å². The van der Waals surface area contributed by atoms with Crippen molar-refractivity contribution in [3.63, 3.8) is 0 Å². The van der Waals surface area contributed by atoms with Crippen molar-refractivity contribution in [2.75, 3.05) is 41.7 Å². The maximum atomic E-state index is 13.6. The van der Waals surface area contributed by atoms with Gasteiger partial charge in [0.1, 0.15) is 10.6 Å². The zero-order chi connectivity index (χ0) is 28.0. The number of rotatable bonds is 9. The summed E-state index contributed by atoms with van der Waals surface area (Å²) in [5.74, 6) is -0.710. The lowest BCUT2D eigenvalue weighted by molar-refractivity contribution is -0.115. The van der Waals surface area contributed by atoms with E-state index in [0.29, 0.717) is 22.1 Å². The van der Waals surface area contributed by atoms with Gasteiger partial charge in [-0.1, -0.05) is 35.3 Å². The van der Waals surface area contributed by atoms with Gasteiger partial charge in [0, 0.05) is 23.8 Å². The largest absolute Gasteiger partial charge is 0.495 e. The van der Waals surface area contributed by atoms with E-state index in [2.05, 4.69) is 15.4 Å². The maximum absolute atomic E-state index is 13.6. The van der Waals surface area contributed by atoms with Gasteiger partial charge >= 0.3 is 0 Å². The smallest absolute Gasteiger partial charge is 0.264 e. The second-order valence-electron chi connectivity index (χ2n) is 8.89. The molecule has 1 fully saturated rings. The van der Waals surface area contributed by atoms with Crippen LogP contribution in [0, 0.1) is 0 Å². The summed E-state index contributed by atoms with van der Waals surface area (Å²) in [4.78, 5) is 27.1. The second-order valence-corrected chi connectivity index (χ2v) is 11.4. The molecule has 2 amide bonds. The van der Waals surface area contributed by atoms with Crippen LogP contribution < -0.4 is 25.0 Å². The van der Waals surface area contributed by atoms with E-state index in [4.69, 9.17) is 27.9 Å². The van der Waals surface area contributed by atoms with Gasteiger partial charge in [-0.05, 0) is 67.8 Å². The van der Waals surface area contributed by atoms with Crippen molar-refractivity contribution in [2.24, 2.45) is 0 Å². The highest BCUT2D eigenvalue weighted by Crippen LogP contribution is 2.33. The Bertz CT molecular complexity index is 1480. The molecule has 1 saturated heterocycles. The van der Waals surface area contributed by atoms with Gasteiger partial charge < -0.3 is 20.3 Å². The molecule has 0 atom stereocenters. The zero-order valence-corrected chi connectivity index (χ0v) is 23.5. The van der Waals surface area contributed by atoms with E-state index >= 15 is 0 Å². The van der Waals surface area contributed by atoms with Crippen LogP contribution in [0.25, 0.3) is 0 Å². The molecule has 0 unspecified atom stereocenters. The molecule has 39 heavy (non-hydrogen) atoms. The van der Waals surface area contributed by atoms with E-state index in [-0.39, 0.29) is 27.7 Å². The highest BCUT2D eigenvalue weighted by atomic mass is 35.5. The van der Waals surface area contributed by atoms with E-state index in [1.807, 2.05) is 4.90 Å². The van der Waals surface area contributed by atoms with Gasteiger partial charge in [-0.2, -0.15) is 0 Å². The van der Waals surface area contributed by atoms with Gasteiger partial charge in [0.25, 0.3) is 15.9 Å². The first kappa shape index (κ1) is 28.5. The molecule has 1 heterocycles. The van der Waals surface area contributed by atoms with Crippen LogP contribution in [0.3, 0.4) is 0 Å². The summed E-state index contributed by atoms with van der Waals surface area (Å²) in [6.45, 7) is 1.09. The molecule has 0 bridgehead atoms. The topological polar surface area (TPSA) is 117 Å². The lowest BCUT2D eigenvalue weighted by Crippen LogP contribution is -2.33. The van der Waals surface area contributed by atoms with Gasteiger partial charge in [-0.3, -0.25) is 14.3 Å². The summed E-state index contributed by atoms with van der Waals surface area (Å²) in [6.07, 6.45) is 2.99. The number of sulfonamides is 1. The molecule has 0 saturated carbocycles. The van der Waals surface area contributed by atoms with Crippen molar-refractivity contribution in [2.45, 2.75) is 24.2 Å². The molecule has 0 aromatic heterocycles. The molecule has 4 rings (SSSR count). The number of hydrogen-bond acceptors (Lipinski definition) is 6. The molecular formula is C27H28Cl2N4O5S. The second kappa shape index (κ2) is 12.6. The number of carbonyl (C=O) groups excluding carboxylic acids is 2. The van der Waals surface area contributed by atoms with Crippen LogP contribution in [-0.2, 0) is 14.8 Å². The summed E-state index contributed by atoms with van der Waals surface area (Å²) in [5, 5.41) is 5.70. The highest BCUT2D eigenvalue weighted by molar-refractivity contribution is 7.93. The number of nitrogens with one attached hydrogen (secondary N) is 3. The Hall–Kier alpha value is -3.47. The number of methoxy groups -OCH3 is 1. The first-order chi connectivity index (χ1) is 18.7. The molecule has 9 nitrogen and oxygen atoms in total. The van der Waals surface area contributed by atoms with Crippen LogP contribution >= 0.6 is 23.2 Å². The van der Waals surface area contributed by atoms with Gasteiger partial charge in [0.2, 0.25) is 5.91 Å². The van der Waals surface area contributed by atoms with Crippen molar-refractivity contribution >= 4 is 62.1 Å². The van der Waals surface area contributed by atoms with E-state index < -0.39 is 21.8 Å². The van der Waals surface area contributed by atoms with E-state index in [1.54, 1.807) is 36.4 Å². The Labute approximate surface area is 237 Å². The molecule has 12 heteroatoms. The van der Waals surface area contributed by atoms with Crippen LogP contribution in [0.5, 0.6) is 5.75 Å². The number of amides is 2. The summed E-state index contributed by atoms with van der Waals surface area (Å²) >= 11 is 11.9. The molecule has 0 radical (unpaired) electrons. The third-order valence-electron chi connectivity index (χ3n) is 6.17. The third kappa shape index (κ3) is 7.14. The predicted octanol–water partition coefficient (Wildman–Crippen LogP) is 5.16. The summed E-state index contributed by atoms with van der Waals surface area (Å²) in [5.41, 5.74) is 1.28. The Balaban J connectivity index is 1.55. The number of piperidine rings is 1. The standard InChI is InChI=1S/C27H28Cl2N4O5S/c1-38-24-8-4-3-7-22(24)32-39(36,37)25-16-19(10-12-23(25)33-13-5-2-6-14-33)31-26(34)17-30-27(35)20-11-9-18(28)15-21(20)29/h3-4,7-12,15-16,32H,2,5-6,13-14,17H2,1H3,(H,30,35)(H,31,34). The molecule has 0 aliphatic carbocycles. The van der Waals surface area contributed by atoms with Gasteiger partial charge in [0.15, 0.2) is 0 Å². The van der Waals surface area contributed by atoms with Gasteiger partial charge in [0.05, 0.1) is 35.6 Å². The predicted molar refractivity (Wildman–Crippen MR) is 154 cm³/mol. The minimum Gasteiger partial charge on any atom is -0.495 e. The third-order valence-corrected chi connectivity index (χ3v) is 8.11. The number of halogens is 2. The van der Waals surface area contributed by atoms with Crippen LogP contribution in [0.4, 0.5) is 17.1 Å². The first-order valence-electron chi connectivity index (χ1n) is 12.3. The lowest BCUT2D eigenvalue weighted by atomic mass is 10.1. The zero-order valence-electron chi connectivity index (χ0n) is 21.2. The number of anilines is 3. The summed E-state index contributed by atoms with van der Waals surface area (Å²) in [7, 11) is -2.61. The molecule has 206 valence electrons. The van der Waals surface area contributed by atoms with E-state index in [0.717, 1.165) is 32.4 Å². The fourth-order valence-electron chi connectivity index (χ4n) is 4.27. The van der Waals surface area contributed by atoms with Crippen LogP contribution in [0.15, 0.2) is 65.6 Å². The molecule has 3 aromatic carbocycles. The Morgan fingerprint density at radius 3 is 2.44 bits per heavy atom. The average molecular weight is 592 g/mol. The minimum absolute atomic E-state index is 0.0186. The fraction of sp³-hybridized carbons (Fsp3) is 0.259. The Kier molecular flexibility index (Phi) is 9.21.